The lowest BCUT2D eigenvalue weighted by Crippen LogP contribution is -2.29. The number of aromatic nitrogens is 4. The quantitative estimate of drug-likeness (QED) is 0.511. The fourth-order valence-corrected chi connectivity index (χ4v) is 1.26. The third kappa shape index (κ3) is 1.20. The molecule has 1 saturated heterocycles. The van der Waals surface area contributed by atoms with E-state index in [1.165, 1.54) is 4.68 Å². The molecule has 1 atom stereocenters. The Morgan fingerprint density at radius 3 is 2.92 bits per heavy atom. The molecule has 70 valence electrons. The number of hydrogen-bond acceptors (Lipinski definition) is 6. The molecule has 1 aromatic rings. The lowest BCUT2D eigenvalue weighted by molar-refractivity contribution is -0.123. The molecule has 2 heterocycles. The van der Waals surface area contributed by atoms with Crippen molar-refractivity contribution < 1.29 is 4.79 Å². The smallest absolute Gasteiger partial charge is 0.260 e. The molecule has 3 N–H and O–H groups in total. The highest BCUT2D eigenvalue weighted by Gasteiger charge is 2.32. The molecule has 1 aromatic heterocycles. The molecule has 0 radical (unpaired) electrons. The summed E-state index contributed by atoms with van der Waals surface area (Å²) in [6.07, 6.45) is 0. The summed E-state index contributed by atoms with van der Waals surface area (Å²) >= 11 is 0. The van der Waals surface area contributed by atoms with Crippen LogP contribution in [0.15, 0.2) is 0 Å². The maximum Gasteiger partial charge on any atom is 0.260 e. The van der Waals surface area contributed by atoms with Crippen molar-refractivity contribution in [3.05, 3.63) is 0 Å². The SMILES string of the molecule is CN1CC(n2nnnc2N)C(=O)N1. The lowest BCUT2D eigenvalue weighted by atomic mass is 10.3. The second-order valence-electron chi connectivity index (χ2n) is 2.85. The topological polar surface area (TPSA) is 102 Å². The molecule has 8 heteroatoms. The standard InChI is InChI=1S/C5H9N7O/c1-11-2-3(4(13)8-11)12-5(6)7-9-10-12/h3H,2H2,1H3,(H,8,13)(H2,6,7,10). The molecule has 1 aliphatic rings. The molecule has 1 unspecified atom stereocenters. The minimum Gasteiger partial charge on any atom is -0.367 e. The highest BCUT2D eigenvalue weighted by Crippen LogP contribution is 2.13. The predicted octanol–water partition coefficient (Wildman–Crippen LogP) is -2.23. The van der Waals surface area contributed by atoms with E-state index in [0.29, 0.717) is 6.54 Å². The highest BCUT2D eigenvalue weighted by atomic mass is 16.2. The van der Waals surface area contributed by atoms with Gasteiger partial charge < -0.3 is 5.73 Å². The number of nitrogens with two attached hydrogens (primary N) is 1. The average molecular weight is 183 g/mol. The van der Waals surface area contributed by atoms with E-state index in [0.717, 1.165) is 0 Å². The molecule has 0 saturated carbocycles. The molecule has 2 rings (SSSR count). The number of rotatable bonds is 1. The maximum absolute atomic E-state index is 11.3. The summed E-state index contributed by atoms with van der Waals surface area (Å²) in [5.74, 6) is -0.00282. The van der Waals surface area contributed by atoms with E-state index in [-0.39, 0.29) is 11.9 Å². The molecule has 1 fully saturated rings. The van der Waals surface area contributed by atoms with Gasteiger partial charge in [0.15, 0.2) is 6.04 Å². The first-order valence-electron chi connectivity index (χ1n) is 3.73. The summed E-state index contributed by atoms with van der Waals surface area (Å²) in [6, 6.07) is -0.431. The summed E-state index contributed by atoms with van der Waals surface area (Å²) in [7, 11) is 1.76. The number of nitrogens with one attached hydrogen (secondary N) is 1. The van der Waals surface area contributed by atoms with Crippen LogP contribution in [-0.4, -0.2) is 44.7 Å². The van der Waals surface area contributed by atoms with Crippen LogP contribution in [0.2, 0.25) is 0 Å². The van der Waals surface area contributed by atoms with Crippen molar-refractivity contribution in [2.45, 2.75) is 6.04 Å². The summed E-state index contributed by atoms with van der Waals surface area (Å²) < 4.78 is 1.30. The van der Waals surface area contributed by atoms with Gasteiger partial charge >= 0.3 is 0 Å². The first-order chi connectivity index (χ1) is 6.18. The van der Waals surface area contributed by atoms with Gasteiger partial charge in [0.25, 0.3) is 5.91 Å². The van der Waals surface area contributed by atoms with E-state index in [2.05, 4.69) is 21.0 Å². The van der Waals surface area contributed by atoms with Crippen molar-refractivity contribution in [3.8, 4) is 0 Å². The monoisotopic (exact) mass is 183 g/mol. The number of amides is 1. The van der Waals surface area contributed by atoms with Gasteiger partial charge in [-0.15, -0.1) is 0 Å². The molecule has 1 amide bonds. The van der Waals surface area contributed by atoms with Crippen molar-refractivity contribution in [3.63, 3.8) is 0 Å². The third-order valence-electron chi connectivity index (χ3n) is 1.86. The van der Waals surface area contributed by atoms with Gasteiger partial charge in [0, 0.05) is 13.6 Å². The summed E-state index contributed by atoms with van der Waals surface area (Å²) in [4.78, 5) is 11.3. The fourth-order valence-electron chi connectivity index (χ4n) is 1.26. The van der Waals surface area contributed by atoms with Gasteiger partial charge in [0.1, 0.15) is 0 Å². The number of hydrazine groups is 1. The van der Waals surface area contributed by atoms with Crippen LogP contribution in [0.3, 0.4) is 0 Å². The van der Waals surface area contributed by atoms with Crippen LogP contribution < -0.4 is 11.2 Å². The van der Waals surface area contributed by atoms with Crippen LogP contribution in [0.4, 0.5) is 5.95 Å². The van der Waals surface area contributed by atoms with Crippen LogP contribution in [0.1, 0.15) is 6.04 Å². The Morgan fingerprint density at radius 2 is 2.46 bits per heavy atom. The van der Waals surface area contributed by atoms with E-state index in [1.54, 1.807) is 12.1 Å². The second-order valence-corrected chi connectivity index (χ2v) is 2.85. The van der Waals surface area contributed by atoms with Crippen molar-refractivity contribution in [1.82, 2.24) is 30.6 Å². The summed E-state index contributed by atoms with van der Waals surface area (Å²) in [6.45, 7) is 0.508. The predicted molar refractivity (Wildman–Crippen MR) is 42.0 cm³/mol. The van der Waals surface area contributed by atoms with Crippen LogP contribution in [-0.2, 0) is 4.79 Å². The van der Waals surface area contributed by atoms with Crippen molar-refractivity contribution >= 4 is 11.9 Å². The Hall–Kier alpha value is -1.70. The van der Waals surface area contributed by atoms with Crippen molar-refractivity contribution in [1.29, 1.82) is 0 Å². The van der Waals surface area contributed by atoms with E-state index < -0.39 is 6.04 Å². The minimum atomic E-state index is -0.431. The lowest BCUT2D eigenvalue weighted by Gasteiger charge is -2.06. The maximum atomic E-state index is 11.3. The molecule has 8 nitrogen and oxygen atoms in total. The van der Waals surface area contributed by atoms with E-state index >= 15 is 0 Å². The van der Waals surface area contributed by atoms with Crippen molar-refractivity contribution in [2.24, 2.45) is 0 Å². The van der Waals surface area contributed by atoms with Crippen LogP contribution in [0.25, 0.3) is 0 Å². The number of carbonyl (C=O) groups excluding carboxylic acids is 1. The highest BCUT2D eigenvalue weighted by molar-refractivity contribution is 5.82. The average Bonchev–Trinajstić information content (AvgIpc) is 2.58. The molecule has 0 bridgehead atoms. The Balaban J connectivity index is 2.27. The van der Waals surface area contributed by atoms with Gasteiger partial charge in [-0.1, -0.05) is 5.10 Å². The zero-order valence-corrected chi connectivity index (χ0v) is 7.01. The third-order valence-corrected chi connectivity index (χ3v) is 1.86. The Labute approximate surface area is 73.7 Å². The first-order valence-corrected chi connectivity index (χ1v) is 3.73. The molecule has 0 aliphatic carbocycles. The zero-order chi connectivity index (χ0) is 9.42. The molecule has 13 heavy (non-hydrogen) atoms. The zero-order valence-electron chi connectivity index (χ0n) is 7.01. The van der Waals surface area contributed by atoms with Gasteiger partial charge in [-0.3, -0.25) is 10.2 Å². The first kappa shape index (κ1) is 7.92. The molecular formula is C5H9N7O. The molecule has 1 aliphatic heterocycles. The van der Waals surface area contributed by atoms with Crippen LogP contribution in [0, 0.1) is 0 Å². The molecule has 0 aromatic carbocycles. The number of hydrogen-bond donors (Lipinski definition) is 2. The number of nitrogens with zero attached hydrogens (tertiary/aromatic N) is 5. The van der Waals surface area contributed by atoms with Gasteiger partial charge in [-0.05, 0) is 10.4 Å². The van der Waals surface area contributed by atoms with E-state index in [4.69, 9.17) is 5.73 Å². The van der Waals surface area contributed by atoms with Crippen molar-refractivity contribution in [2.75, 3.05) is 19.3 Å². The summed E-state index contributed by atoms with van der Waals surface area (Å²) in [5.41, 5.74) is 8.06. The number of carbonyl (C=O) groups is 1. The van der Waals surface area contributed by atoms with Gasteiger partial charge in [0.2, 0.25) is 5.95 Å². The second kappa shape index (κ2) is 2.66. The molecular weight excluding hydrogens is 174 g/mol. The normalized spacial score (nSPS) is 23.5. The number of likely N-dealkylation sites (N-methyl/N-ethyl adjacent to an activating group) is 1. The van der Waals surface area contributed by atoms with Gasteiger partial charge in [0.05, 0.1) is 0 Å². The number of anilines is 1. The largest absolute Gasteiger partial charge is 0.367 e. The number of nitrogen functional groups attached to an aromatic ring is 1. The van der Waals surface area contributed by atoms with E-state index in [9.17, 15) is 4.79 Å². The Morgan fingerprint density at radius 1 is 1.69 bits per heavy atom. The Kier molecular flexibility index (Phi) is 1.62. The minimum absolute atomic E-state index is 0.149. The van der Waals surface area contributed by atoms with Gasteiger partial charge in [-0.2, -0.15) is 4.68 Å². The van der Waals surface area contributed by atoms with Crippen LogP contribution in [0.5, 0.6) is 0 Å². The fraction of sp³-hybridized carbons (Fsp3) is 0.600. The number of tetrazole rings is 1. The molecule has 0 spiro atoms. The Bertz CT molecular complexity index is 333. The van der Waals surface area contributed by atoms with Crippen LogP contribution >= 0.6 is 0 Å². The van der Waals surface area contributed by atoms with E-state index in [1.807, 2.05) is 0 Å². The van der Waals surface area contributed by atoms with Gasteiger partial charge in [-0.25, -0.2) is 5.01 Å². The summed E-state index contributed by atoms with van der Waals surface area (Å²) in [5, 5.41) is 12.2.